The van der Waals surface area contributed by atoms with Gasteiger partial charge in [-0.2, -0.15) is 0 Å². The minimum atomic E-state index is 0.765. The number of nitrogens with zero attached hydrogens (tertiary/aromatic N) is 2. The molecule has 0 saturated carbocycles. The van der Waals surface area contributed by atoms with Crippen molar-refractivity contribution in [1.82, 2.24) is 9.97 Å². The van der Waals surface area contributed by atoms with Gasteiger partial charge in [-0.1, -0.05) is 78.3 Å². The molecule has 0 amide bonds. The van der Waals surface area contributed by atoms with Gasteiger partial charge in [0.1, 0.15) is 0 Å². The molecule has 1 aliphatic rings. The van der Waals surface area contributed by atoms with Gasteiger partial charge in [0, 0.05) is 21.7 Å². The summed E-state index contributed by atoms with van der Waals surface area (Å²) >= 11 is 6.82. The van der Waals surface area contributed by atoms with E-state index in [1.165, 1.54) is 16.7 Å². The second-order valence-electron chi connectivity index (χ2n) is 7.60. The molecule has 142 valence electrons. The summed E-state index contributed by atoms with van der Waals surface area (Å²) in [7, 11) is 0. The van der Waals surface area contributed by atoms with Crippen LogP contribution in [0.5, 0.6) is 0 Å². The van der Waals surface area contributed by atoms with E-state index in [0.29, 0.717) is 0 Å². The molecule has 0 aliphatic heterocycles. The summed E-state index contributed by atoms with van der Waals surface area (Å²) in [6.45, 7) is 0. The number of aromatic nitrogens is 2. The number of hydrogen-bond donors (Lipinski definition) is 0. The number of halogens is 1. The number of hydrogen-bond acceptors (Lipinski definition) is 2. The highest BCUT2D eigenvalue weighted by atomic mass is 35.5. The van der Waals surface area contributed by atoms with Crippen LogP contribution in [-0.4, -0.2) is 9.97 Å². The molecule has 4 aromatic carbocycles. The molecule has 30 heavy (non-hydrogen) atoms. The Bertz CT molecular complexity index is 1420. The highest BCUT2D eigenvalue weighted by Crippen LogP contribution is 2.44. The van der Waals surface area contributed by atoms with Crippen LogP contribution in [0.4, 0.5) is 0 Å². The highest BCUT2D eigenvalue weighted by Gasteiger charge is 2.23. The monoisotopic (exact) mass is 404 g/mol. The molecule has 1 heterocycles. The first-order chi connectivity index (χ1) is 14.8. The normalized spacial score (nSPS) is 12.0. The molecule has 0 fully saturated rings. The van der Waals surface area contributed by atoms with Crippen LogP contribution < -0.4 is 0 Å². The number of benzene rings is 4. The Balaban J connectivity index is 1.61. The smallest absolute Gasteiger partial charge is 0.0973 e. The van der Waals surface area contributed by atoms with E-state index in [2.05, 4.69) is 42.5 Å². The molecule has 0 N–H and O–H groups in total. The Hall–Kier alpha value is -3.49. The first kappa shape index (κ1) is 17.4. The van der Waals surface area contributed by atoms with Crippen LogP contribution in [0.15, 0.2) is 91.0 Å². The zero-order valence-electron chi connectivity index (χ0n) is 16.1. The van der Waals surface area contributed by atoms with Gasteiger partial charge in [-0.05, 0) is 47.4 Å². The fourth-order valence-corrected chi connectivity index (χ4v) is 4.70. The van der Waals surface area contributed by atoms with Crippen LogP contribution >= 0.6 is 11.6 Å². The maximum atomic E-state index is 6.82. The van der Waals surface area contributed by atoms with Crippen LogP contribution in [0.2, 0.25) is 5.02 Å². The van der Waals surface area contributed by atoms with Crippen molar-refractivity contribution in [1.29, 1.82) is 0 Å². The molecule has 0 unspecified atom stereocenters. The van der Waals surface area contributed by atoms with Crippen molar-refractivity contribution in [2.45, 2.75) is 6.42 Å². The van der Waals surface area contributed by atoms with Crippen LogP contribution in [-0.2, 0) is 6.42 Å². The molecule has 3 heteroatoms. The maximum absolute atomic E-state index is 6.82. The van der Waals surface area contributed by atoms with Crippen LogP contribution in [0.25, 0.3) is 44.7 Å². The average molecular weight is 405 g/mol. The Morgan fingerprint density at radius 2 is 1.23 bits per heavy atom. The zero-order valence-corrected chi connectivity index (χ0v) is 16.9. The minimum Gasteiger partial charge on any atom is -0.244 e. The van der Waals surface area contributed by atoms with E-state index in [1.807, 2.05) is 48.5 Å². The SMILES string of the molecule is Clc1cc(-c2nc3ccccc3nc2-c2ccccc2)cc2c1-c1ccccc1C2. The second kappa shape index (κ2) is 6.79. The Kier molecular flexibility index (Phi) is 3.93. The van der Waals surface area contributed by atoms with Gasteiger partial charge in [0.2, 0.25) is 0 Å². The van der Waals surface area contributed by atoms with E-state index in [4.69, 9.17) is 21.6 Å². The largest absolute Gasteiger partial charge is 0.244 e. The molecule has 2 nitrogen and oxygen atoms in total. The lowest BCUT2D eigenvalue weighted by molar-refractivity contribution is 1.25. The molecule has 0 saturated heterocycles. The first-order valence-corrected chi connectivity index (χ1v) is 10.4. The minimum absolute atomic E-state index is 0.765. The van der Waals surface area contributed by atoms with E-state index in [9.17, 15) is 0 Å². The van der Waals surface area contributed by atoms with Crippen molar-refractivity contribution in [3.63, 3.8) is 0 Å². The van der Waals surface area contributed by atoms with Gasteiger partial charge in [-0.25, -0.2) is 9.97 Å². The summed E-state index contributed by atoms with van der Waals surface area (Å²) in [5, 5.41) is 0.765. The van der Waals surface area contributed by atoms with Crippen molar-refractivity contribution < 1.29 is 0 Å². The van der Waals surface area contributed by atoms with E-state index in [0.717, 1.165) is 50.6 Å². The van der Waals surface area contributed by atoms with Crippen molar-refractivity contribution in [3.05, 3.63) is 107 Å². The highest BCUT2D eigenvalue weighted by molar-refractivity contribution is 6.34. The molecule has 0 radical (unpaired) electrons. The predicted octanol–water partition coefficient (Wildman–Crippen LogP) is 7.19. The Morgan fingerprint density at radius 1 is 0.600 bits per heavy atom. The average Bonchev–Trinajstić information content (AvgIpc) is 3.18. The summed E-state index contributed by atoms with van der Waals surface area (Å²) in [6, 6.07) is 31.0. The Morgan fingerprint density at radius 3 is 2.00 bits per heavy atom. The van der Waals surface area contributed by atoms with Crippen molar-refractivity contribution in [2.24, 2.45) is 0 Å². The van der Waals surface area contributed by atoms with Gasteiger partial charge < -0.3 is 0 Å². The summed E-state index contributed by atoms with van der Waals surface area (Å²) in [5.41, 5.74) is 10.5. The van der Waals surface area contributed by atoms with E-state index >= 15 is 0 Å². The summed E-state index contributed by atoms with van der Waals surface area (Å²) < 4.78 is 0. The summed E-state index contributed by atoms with van der Waals surface area (Å²) in [4.78, 5) is 10.00. The number of para-hydroxylation sites is 2. The number of fused-ring (bicyclic) bond motifs is 4. The molecular weight excluding hydrogens is 388 g/mol. The van der Waals surface area contributed by atoms with Crippen molar-refractivity contribution in [3.8, 4) is 33.6 Å². The topological polar surface area (TPSA) is 25.8 Å². The number of rotatable bonds is 2. The third kappa shape index (κ3) is 2.72. The van der Waals surface area contributed by atoms with Crippen LogP contribution in [0.3, 0.4) is 0 Å². The van der Waals surface area contributed by atoms with Gasteiger partial charge in [-0.15, -0.1) is 0 Å². The van der Waals surface area contributed by atoms with E-state index < -0.39 is 0 Å². The van der Waals surface area contributed by atoms with E-state index in [-0.39, 0.29) is 0 Å². The molecular formula is C27H17ClN2. The van der Waals surface area contributed by atoms with Crippen molar-refractivity contribution >= 4 is 22.6 Å². The molecule has 0 bridgehead atoms. The van der Waals surface area contributed by atoms with Gasteiger partial charge in [0.15, 0.2) is 0 Å². The molecule has 1 aliphatic carbocycles. The first-order valence-electron chi connectivity index (χ1n) is 10.0. The second-order valence-corrected chi connectivity index (χ2v) is 8.01. The lowest BCUT2D eigenvalue weighted by Crippen LogP contribution is -1.96. The van der Waals surface area contributed by atoms with Gasteiger partial charge in [-0.3, -0.25) is 0 Å². The van der Waals surface area contributed by atoms with E-state index in [1.54, 1.807) is 0 Å². The predicted molar refractivity (Wildman–Crippen MR) is 124 cm³/mol. The third-order valence-electron chi connectivity index (χ3n) is 5.73. The maximum Gasteiger partial charge on any atom is 0.0973 e. The summed E-state index contributed by atoms with van der Waals surface area (Å²) in [5.74, 6) is 0. The quantitative estimate of drug-likeness (QED) is 0.305. The molecule has 5 aromatic rings. The molecule has 1 aromatic heterocycles. The van der Waals surface area contributed by atoms with Gasteiger partial charge >= 0.3 is 0 Å². The fraction of sp³-hybridized carbons (Fsp3) is 0.0370. The van der Waals surface area contributed by atoms with Crippen molar-refractivity contribution in [2.75, 3.05) is 0 Å². The van der Waals surface area contributed by atoms with Gasteiger partial charge in [0.25, 0.3) is 0 Å². The lowest BCUT2D eigenvalue weighted by Gasteiger charge is -2.13. The lowest BCUT2D eigenvalue weighted by atomic mass is 9.98. The summed E-state index contributed by atoms with van der Waals surface area (Å²) in [6.07, 6.45) is 0.890. The van der Waals surface area contributed by atoms with Crippen LogP contribution in [0, 0.1) is 0 Å². The fourth-order valence-electron chi connectivity index (χ4n) is 4.36. The van der Waals surface area contributed by atoms with Crippen LogP contribution in [0.1, 0.15) is 11.1 Å². The Labute approximate surface area is 179 Å². The molecule has 0 atom stereocenters. The van der Waals surface area contributed by atoms with Gasteiger partial charge in [0.05, 0.1) is 22.4 Å². The molecule has 6 rings (SSSR count). The third-order valence-corrected chi connectivity index (χ3v) is 6.03. The molecule has 0 spiro atoms. The standard InChI is InChI=1S/C27H17ClN2/c28-22-16-20(15-19-14-18-10-4-5-11-21(18)25(19)22)27-26(17-8-2-1-3-9-17)29-23-12-6-7-13-24(23)30-27/h1-13,15-16H,14H2. The zero-order chi connectivity index (χ0) is 20.1.